The molecule has 0 N–H and O–H groups in total. The Bertz CT molecular complexity index is 153. The molecule has 0 heterocycles. The SMILES string of the molecule is CSC(OC=O)(SC)C1CCC1. The van der Waals surface area contributed by atoms with Gasteiger partial charge in [0.05, 0.1) is 0 Å². The second kappa shape index (κ2) is 4.42. The minimum absolute atomic E-state index is 0.306. The Morgan fingerprint density at radius 3 is 2.25 bits per heavy atom. The van der Waals surface area contributed by atoms with Crippen LogP contribution < -0.4 is 0 Å². The first-order valence-electron chi connectivity index (χ1n) is 4.01. The van der Waals surface area contributed by atoms with Gasteiger partial charge in [0.25, 0.3) is 6.47 Å². The summed E-state index contributed by atoms with van der Waals surface area (Å²) in [4.78, 5) is 10.3. The van der Waals surface area contributed by atoms with Crippen LogP contribution in [-0.4, -0.2) is 23.2 Å². The highest BCUT2D eigenvalue weighted by Crippen LogP contribution is 2.49. The van der Waals surface area contributed by atoms with Gasteiger partial charge in [-0.15, -0.1) is 23.5 Å². The zero-order valence-electron chi connectivity index (χ0n) is 7.41. The van der Waals surface area contributed by atoms with E-state index in [2.05, 4.69) is 0 Å². The molecule has 0 amide bonds. The largest absolute Gasteiger partial charge is 0.440 e. The Morgan fingerprint density at radius 2 is 2.00 bits per heavy atom. The Hall–Kier alpha value is 0.170. The number of carbonyl (C=O) groups is 1. The van der Waals surface area contributed by atoms with Crippen LogP contribution in [0, 0.1) is 5.92 Å². The molecule has 1 aliphatic carbocycles. The molecule has 0 aromatic carbocycles. The molecule has 0 aromatic heterocycles. The Kier molecular flexibility index (Phi) is 3.77. The van der Waals surface area contributed by atoms with E-state index in [0.717, 1.165) is 0 Å². The van der Waals surface area contributed by atoms with Crippen molar-refractivity contribution in [1.29, 1.82) is 0 Å². The molecule has 12 heavy (non-hydrogen) atoms. The molecular formula is C8H14O2S2. The maximum absolute atomic E-state index is 10.3. The third-order valence-corrected chi connectivity index (χ3v) is 5.38. The highest BCUT2D eigenvalue weighted by atomic mass is 32.2. The van der Waals surface area contributed by atoms with Gasteiger partial charge in [-0.3, -0.25) is 4.79 Å². The summed E-state index contributed by atoms with van der Waals surface area (Å²) >= 11 is 3.27. The molecule has 0 aliphatic heterocycles. The van der Waals surface area contributed by atoms with Crippen LogP contribution in [0.25, 0.3) is 0 Å². The maximum Gasteiger partial charge on any atom is 0.295 e. The number of rotatable bonds is 5. The average molecular weight is 206 g/mol. The minimum atomic E-state index is -0.306. The number of thioether (sulfide) groups is 2. The van der Waals surface area contributed by atoms with Crippen molar-refractivity contribution in [2.45, 2.75) is 23.5 Å². The predicted octanol–water partition coefficient (Wildman–Crippen LogP) is 2.34. The van der Waals surface area contributed by atoms with E-state index >= 15 is 0 Å². The molecule has 0 spiro atoms. The Labute approximate surface area is 81.8 Å². The molecule has 2 nitrogen and oxygen atoms in total. The van der Waals surface area contributed by atoms with Crippen LogP contribution in [-0.2, 0) is 9.53 Å². The van der Waals surface area contributed by atoms with Crippen LogP contribution in [0.4, 0.5) is 0 Å². The van der Waals surface area contributed by atoms with Gasteiger partial charge in [-0.2, -0.15) is 0 Å². The van der Waals surface area contributed by atoms with Gasteiger partial charge in [0.2, 0.25) is 4.27 Å². The fourth-order valence-electron chi connectivity index (χ4n) is 1.44. The second-order valence-corrected chi connectivity index (χ2v) is 5.14. The normalized spacial score (nSPS) is 18.5. The van der Waals surface area contributed by atoms with E-state index in [1.165, 1.54) is 19.3 Å². The molecule has 4 heteroatoms. The van der Waals surface area contributed by atoms with Gasteiger partial charge in [-0.1, -0.05) is 6.42 Å². The van der Waals surface area contributed by atoms with Crippen molar-refractivity contribution < 1.29 is 9.53 Å². The summed E-state index contributed by atoms with van der Waals surface area (Å²) in [5, 5.41) is 0. The lowest BCUT2D eigenvalue weighted by Crippen LogP contribution is -2.37. The summed E-state index contributed by atoms with van der Waals surface area (Å²) < 4.78 is 4.87. The van der Waals surface area contributed by atoms with Gasteiger partial charge in [-0.25, -0.2) is 0 Å². The van der Waals surface area contributed by atoms with Crippen molar-refractivity contribution in [3.63, 3.8) is 0 Å². The standard InChI is InChI=1S/C8H14O2S2/c1-11-8(12-2,10-6-9)7-4-3-5-7/h6-7H,3-5H2,1-2H3. The third kappa shape index (κ3) is 1.74. The van der Waals surface area contributed by atoms with E-state index in [1.54, 1.807) is 23.5 Å². The van der Waals surface area contributed by atoms with Crippen molar-refractivity contribution >= 4 is 30.0 Å². The molecule has 1 rings (SSSR count). The smallest absolute Gasteiger partial charge is 0.295 e. The van der Waals surface area contributed by atoms with E-state index < -0.39 is 0 Å². The van der Waals surface area contributed by atoms with Gasteiger partial charge in [0, 0.05) is 5.92 Å². The molecule has 0 radical (unpaired) electrons. The van der Waals surface area contributed by atoms with Gasteiger partial charge in [0.15, 0.2) is 0 Å². The van der Waals surface area contributed by atoms with E-state index in [-0.39, 0.29) is 4.27 Å². The zero-order chi connectivity index (χ0) is 9.03. The molecule has 0 aromatic rings. The molecule has 0 bridgehead atoms. The highest BCUT2D eigenvalue weighted by molar-refractivity contribution is 8.17. The topological polar surface area (TPSA) is 26.3 Å². The predicted molar refractivity (Wildman–Crippen MR) is 54.3 cm³/mol. The average Bonchev–Trinajstić information content (AvgIpc) is 2.00. The van der Waals surface area contributed by atoms with Crippen LogP contribution in [0.5, 0.6) is 0 Å². The van der Waals surface area contributed by atoms with Crippen LogP contribution in [0.2, 0.25) is 0 Å². The summed E-state index contributed by atoms with van der Waals surface area (Å²) in [5.74, 6) is 0.549. The van der Waals surface area contributed by atoms with Gasteiger partial charge in [0.1, 0.15) is 0 Å². The molecule has 1 saturated carbocycles. The molecule has 1 aliphatic rings. The first-order valence-corrected chi connectivity index (χ1v) is 6.45. The van der Waals surface area contributed by atoms with E-state index in [0.29, 0.717) is 12.4 Å². The lowest BCUT2D eigenvalue weighted by molar-refractivity contribution is -0.134. The Morgan fingerprint density at radius 1 is 1.42 bits per heavy atom. The summed E-state index contributed by atoms with van der Waals surface area (Å²) in [6.45, 7) is 0.575. The number of hydrogen-bond acceptors (Lipinski definition) is 4. The molecule has 0 atom stereocenters. The van der Waals surface area contributed by atoms with E-state index in [1.807, 2.05) is 12.5 Å². The zero-order valence-corrected chi connectivity index (χ0v) is 9.04. The summed E-state index contributed by atoms with van der Waals surface area (Å²) in [6, 6.07) is 0. The minimum Gasteiger partial charge on any atom is -0.440 e. The third-order valence-electron chi connectivity index (χ3n) is 2.39. The summed E-state index contributed by atoms with van der Waals surface area (Å²) in [5.41, 5.74) is 0. The van der Waals surface area contributed by atoms with Gasteiger partial charge >= 0.3 is 0 Å². The number of hydrogen-bond donors (Lipinski definition) is 0. The number of carbonyl (C=O) groups excluding carboxylic acids is 1. The van der Waals surface area contributed by atoms with Crippen LogP contribution in [0.15, 0.2) is 0 Å². The molecule has 0 unspecified atom stereocenters. The monoisotopic (exact) mass is 206 g/mol. The van der Waals surface area contributed by atoms with Gasteiger partial charge in [-0.05, 0) is 25.4 Å². The lowest BCUT2D eigenvalue weighted by Gasteiger charge is -2.40. The van der Waals surface area contributed by atoms with Crippen LogP contribution in [0.3, 0.4) is 0 Å². The van der Waals surface area contributed by atoms with Crippen molar-refractivity contribution in [2.75, 3.05) is 12.5 Å². The van der Waals surface area contributed by atoms with Gasteiger partial charge < -0.3 is 4.74 Å². The van der Waals surface area contributed by atoms with Crippen molar-refractivity contribution in [3.8, 4) is 0 Å². The fourth-order valence-corrected chi connectivity index (χ4v) is 3.51. The Balaban J connectivity index is 2.59. The highest BCUT2D eigenvalue weighted by Gasteiger charge is 2.42. The van der Waals surface area contributed by atoms with Crippen molar-refractivity contribution in [1.82, 2.24) is 0 Å². The van der Waals surface area contributed by atoms with Crippen molar-refractivity contribution in [3.05, 3.63) is 0 Å². The molecule has 0 saturated heterocycles. The van der Waals surface area contributed by atoms with Crippen LogP contribution >= 0.6 is 23.5 Å². The summed E-state index contributed by atoms with van der Waals surface area (Å²) in [7, 11) is 0. The quantitative estimate of drug-likeness (QED) is 0.509. The molecule has 1 fully saturated rings. The maximum atomic E-state index is 10.3. The van der Waals surface area contributed by atoms with E-state index in [9.17, 15) is 4.79 Å². The first-order chi connectivity index (χ1) is 5.79. The van der Waals surface area contributed by atoms with E-state index in [4.69, 9.17) is 4.74 Å². The lowest BCUT2D eigenvalue weighted by atomic mass is 9.86. The number of ether oxygens (including phenoxy) is 1. The summed E-state index contributed by atoms with van der Waals surface area (Å²) in [6.07, 6.45) is 7.65. The van der Waals surface area contributed by atoms with Crippen molar-refractivity contribution in [2.24, 2.45) is 5.92 Å². The first kappa shape index (κ1) is 10.3. The van der Waals surface area contributed by atoms with Crippen LogP contribution in [0.1, 0.15) is 19.3 Å². The molecular weight excluding hydrogens is 192 g/mol. The fraction of sp³-hybridized carbons (Fsp3) is 0.875. The molecule has 70 valence electrons. The second-order valence-electron chi connectivity index (χ2n) is 2.85.